The number of aromatic nitrogens is 2. The SMILES string of the molecule is C#C.CC(C)C.CCN(CC1CCCC(/C=C(\N)c2c(F)cccc2F)=C1N)C(=O)c1cnc(N)cn1. The molecule has 1 heterocycles. The molecule has 0 fully saturated rings. The van der Waals surface area contributed by atoms with Crippen LogP contribution in [0.5, 0.6) is 0 Å². The second-order valence-electron chi connectivity index (χ2n) is 9.17. The van der Waals surface area contributed by atoms with E-state index < -0.39 is 11.6 Å². The van der Waals surface area contributed by atoms with Crippen molar-refractivity contribution in [1.29, 1.82) is 0 Å². The molecule has 7 nitrogen and oxygen atoms in total. The molecule has 6 N–H and O–H groups in total. The van der Waals surface area contributed by atoms with Crippen molar-refractivity contribution in [2.75, 3.05) is 18.8 Å². The Balaban J connectivity index is 0.00000104. The maximum Gasteiger partial charge on any atom is 0.274 e. The Morgan fingerprint density at radius 3 is 2.27 bits per heavy atom. The smallest absolute Gasteiger partial charge is 0.274 e. The summed E-state index contributed by atoms with van der Waals surface area (Å²) in [7, 11) is 0. The maximum atomic E-state index is 14.1. The first-order valence-corrected chi connectivity index (χ1v) is 12.1. The Bertz CT molecular complexity index is 1090. The normalized spacial score (nSPS) is 15.3. The third kappa shape index (κ3) is 9.22. The standard InChI is InChI=1S/C22H26F2N6O.C4H10.C2H2/c1-2-30(22(31)18-10-29-19(26)11-28-18)12-14-6-3-5-13(21(14)27)9-17(25)20-15(23)7-4-8-16(20)24;1-4(2)3;1-2/h4,7-11,14H,2-3,5-6,12,25,27H2,1H3,(H2,26,29);4H,1-3H3;1-2H/b17-9-;;. The molecule has 1 aliphatic rings. The van der Waals surface area contributed by atoms with Crippen LogP contribution in [0.3, 0.4) is 0 Å². The zero-order chi connectivity index (χ0) is 28.1. The summed E-state index contributed by atoms with van der Waals surface area (Å²) < 4.78 is 28.1. The second kappa shape index (κ2) is 15.2. The van der Waals surface area contributed by atoms with Crippen molar-refractivity contribution in [3.05, 3.63) is 70.8 Å². The molecular formula is C28H38F2N6O. The summed E-state index contributed by atoms with van der Waals surface area (Å²) in [4.78, 5) is 22.4. The zero-order valence-electron chi connectivity index (χ0n) is 22.0. The lowest BCUT2D eigenvalue weighted by Gasteiger charge is -2.30. The van der Waals surface area contributed by atoms with Gasteiger partial charge in [0.05, 0.1) is 18.0 Å². The number of benzene rings is 1. The predicted octanol–water partition coefficient (Wildman–Crippen LogP) is 4.72. The highest BCUT2D eigenvalue weighted by atomic mass is 19.1. The molecule has 1 aromatic carbocycles. The zero-order valence-corrected chi connectivity index (χ0v) is 22.0. The van der Waals surface area contributed by atoms with Crippen LogP contribution in [0.2, 0.25) is 0 Å². The Morgan fingerprint density at radius 2 is 1.76 bits per heavy atom. The molecule has 1 amide bonds. The van der Waals surface area contributed by atoms with Gasteiger partial charge in [0, 0.05) is 30.4 Å². The molecule has 0 radical (unpaired) electrons. The summed E-state index contributed by atoms with van der Waals surface area (Å²) in [6.07, 6.45) is 14.5. The van der Waals surface area contributed by atoms with Crippen LogP contribution in [0.1, 0.15) is 63.0 Å². The number of nitrogens with zero attached hydrogens (tertiary/aromatic N) is 3. The van der Waals surface area contributed by atoms with Crippen LogP contribution in [0.4, 0.5) is 14.6 Å². The van der Waals surface area contributed by atoms with Gasteiger partial charge in [0.1, 0.15) is 23.1 Å². The topological polar surface area (TPSA) is 124 Å². The van der Waals surface area contributed by atoms with Crippen LogP contribution in [0, 0.1) is 36.3 Å². The third-order valence-corrected chi connectivity index (χ3v) is 5.39. The first-order valence-electron chi connectivity index (χ1n) is 12.1. The number of terminal acetylenes is 1. The number of carbonyl (C=O) groups excluding carboxylic acids is 1. The van der Waals surface area contributed by atoms with E-state index in [1.54, 1.807) is 4.90 Å². The number of amides is 1. The summed E-state index contributed by atoms with van der Waals surface area (Å²) in [6, 6.07) is 3.60. The van der Waals surface area contributed by atoms with E-state index in [0.29, 0.717) is 25.2 Å². The van der Waals surface area contributed by atoms with Gasteiger partial charge in [0.25, 0.3) is 5.91 Å². The number of allylic oxidation sites excluding steroid dienone is 2. The number of rotatable bonds is 6. The molecule has 200 valence electrons. The van der Waals surface area contributed by atoms with Crippen molar-refractivity contribution in [3.8, 4) is 12.8 Å². The summed E-state index contributed by atoms with van der Waals surface area (Å²) >= 11 is 0. The number of halogens is 2. The van der Waals surface area contributed by atoms with Crippen molar-refractivity contribution in [3.63, 3.8) is 0 Å². The van der Waals surface area contributed by atoms with Crippen LogP contribution in [0.25, 0.3) is 5.70 Å². The minimum atomic E-state index is -0.729. The lowest BCUT2D eigenvalue weighted by atomic mass is 9.86. The molecule has 0 spiro atoms. The monoisotopic (exact) mass is 512 g/mol. The number of nitrogens with two attached hydrogens (primary N) is 3. The van der Waals surface area contributed by atoms with Gasteiger partial charge in [-0.2, -0.15) is 0 Å². The first-order chi connectivity index (χ1) is 17.5. The molecule has 1 unspecified atom stereocenters. The molecule has 1 atom stereocenters. The largest absolute Gasteiger partial charge is 0.402 e. The Kier molecular flexibility index (Phi) is 12.8. The van der Waals surface area contributed by atoms with Gasteiger partial charge in [-0.25, -0.2) is 18.7 Å². The van der Waals surface area contributed by atoms with Gasteiger partial charge in [-0.1, -0.05) is 26.8 Å². The fourth-order valence-electron chi connectivity index (χ4n) is 3.71. The van der Waals surface area contributed by atoms with Crippen molar-refractivity contribution in [2.24, 2.45) is 23.3 Å². The summed E-state index contributed by atoms with van der Waals surface area (Å²) in [5.74, 6) is -0.762. The van der Waals surface area contributed by atoms with Gasteiger partial charge < -0.3 is 22.1 Å². The van der Waals surface area contributed by atoms with E-state index in [4.69, 9.17) is 17.2 Å². The van der Waals surface area contributed by atoms with Gasteiger partial charge >= 0.3 is 0 Å². The Hall–Kier alpha value is -3.93. The van der Waals surface area contributed by atoms with Crippen molar-refractivity contribution in [1.82, 2.24) is 14.9 Å². The van der Waals surface area contributed by atoms with E-state index in [0.717, 1.165) is 36.5 Å². The van der Waals surface area contributed by atoms with Crippen molar-refractivity contribution >= 4 is 17.4 Å². The summed E-state index contributed by atoms with van der Waals surface area (Å²) in [5.41, 5.74) is 19.1. The highest BCUT2D eigenvalue weighted by Crippen LogP contribution is 2.31. The quantitative estimate of drug-likeness (QED) is 0.481. The average molecular weight is 513 g/mol. The van der Waals surface area contributed by atoms with E-state index >= 15 is 0 Å². The van der Waals surface area contributed by atoms with Gasteiger partial charge in [0.15, 0.2) is 0 Å². The number of hydrogen-bond donors (Lipinski definition) is 3. The average Bonchev–Trinajstić information content (AvgIpc) is 2.85. The van der Waals surface area contributed by atoms with Crippen LogP contribution in [-0.2, 0) is 0 Å². The van der Waals surface area contributed by atoms with Crippen LogP contribution < -0.4 is 17.2 Å². The lowest BCUT2D eigenvalue weighted by Crippen LogP contribution is -2.38. The molecule has 1 aliphatic carbocycles. The minimum absolute atomic E-state index is 0.0187. The fourth-order valence-corrected chi connectivity index (χ4v) is 3.71. The molecule has 0 bridgehead atoms. The number of anilines is 1. The fraction of sp³-hybridized carbons (Fsp3) is 0.393. The first kappa shape index (κ1) is 31.1. The molecule has 1 aromatic heterocycles. The Labute approximate surface area is 218 Å². The van der Waals surface area contributed by atoms with Gasteiger partial charge in [-0.3, -0.25) is 4.79 Å². The minimum Gasteiger partial charge on any atom is -0.402 e. The molecule has 9 heteroatoms. The molecule has 2 aromatic rings. The van der Waals surface area contributed by atoms with Gasteiger partial charge in [-0.05, 0) is 55.9 Å². The maximum absolute atomic E-state index is 14.1. The molecule has 0 aliphatic heterocycles. The summed E-state index contributed by atoms with van der Waals surface area (Å²) in [5, 5.41) is 0. The van der Waals surface area contributed by atoms with E-state index in [-0.39, 0.29) is 34.6 Å². The van der Waals surface area contributed by atoms with Gasteiger partial charge in [0.2, 0.25) is 0 Å². The van der Waals surface area contributed by atoms with E-state index in [1.807, 2.05) is 6.92 Å². The Morgan fingerprint density at radius 1 is 1.16 bits per heavy atom. The van der Waals surface area contributed by atoms with Crippen LogP contribution >= 0.6 is 0 Å². The number of hydrogen-bond acceptors (Lipinski definition) is 6. The van der Waals surface area contributed by atoms with Crippen molar-refractivity contribution < 1.29 is 13.6 Å². The number of carbonyl (C=O) groups is 1. The molecule has 3 rings (SSSR count). The van der Waals surface area contributed by atoms with Crippen molar-refractivity contribution in [2.45, 2.75) is 47.0 Å². The summed E-state index contributed by atoms with van der Waals surface area (Å²) in [6.45, 7) is 9.21. The second-order valence-corrected chi connectivity index (χ2v) is 9.17. The molecular weight excluding hydrogens is 474 g/mol. The predicted molar refractivity (Wildman–Crippen MR) is 146 cm³/mol. The van der Waals surface area contributed by atoms with E-state index in [9.17, 15) is 13.6 Å². The van der Waals surface area contributed by atoms with E-state index in [2.05, 4.69) is 43.6 Å². The lowest BCUT2D eigenvalue weighted by molar-refractivity contribution is 0.0735. The number of nitrogen functional groups attached to an aromatic ring is 1. The molecule has 37 heavy (non-hydrogen) atoms. The highest BCUT2D eigenvalue weighted by Gasteiger charge is 2.26. The molecule has 0 saturated heterocycles. The highest BCUT2D eigenvalue weighted by molar-refractivity contribution is 5.92. The molecule has 0 saturated carbocycles. The van der Waals surface area contributed by atoms with Crippen LogP contribution in [-0.4, -0.2) is 33.9 Å². The third-order valence-electron chi connectivity index (χ3n) is 5.39. The van der Waals surface area contributed by atoms with Crippen LogP contribution in [0.15, 0.2) is 47.9 Å². The van der Waals surface area contributed by atoms with E-state index in [1.165, 1.54) is 24.5 Å². The van der Waals surface area contributed by atoms with Gasteiger partial charge in [-0.15, -0.1) is 12.8 Å².